The van der Waals surface area contributed by atoms with Crippen LogP contribution in [-0.2, 0) is 27.8 Å². The highest BCUT2D eigenvalue weighted by Gasteiger charge is 2.31. The molecule has 0 aliphatic heterocycles. The maximum Gasteiger partial charge on any atom is 0.407 e. The number of hydrogen-bond acceptors (Lipinski definition) is 8. The quantitative estimate of drug-likeness (QED) is 0.202. The Labute approximate surface area is 245 Å². The largest absolute Gasteiger partial charge is 0.445 e. The van der Waals surface area contributed by atoms with Gasteiger partial charge in [0.1, 0.15) is 6.61 Å². The number of nitrogens with two attached hydrogens (primary N) is 1. The molecule has 9 nitrogen and oxygen atoms in total. The van der Waals surface area contributed by atoms with Crippen LogP contribution < -0.4 is 11.1 Å². The van der Waals surface area contributed by atoms with Crippen LogP contribution >= 0.6 is 11.3 Å². The van der Waals surface area contributed by atoms with Crippen LogP contribution in [0.3, 0.4) is 0 Å². The number of ether oxygens (including phenoxy) is 1. The Bertz CT molecular complexity index is 1530. The number of aliphatic hydroxyl groups is 1. The standard InChI is InChI=1S/C30H36N4O5S2/c1-21(2)18-34(41(37,38)24-14-16-26-28(17-24)40-29(31)32-26)19-27(35)25(15-13-22-9-5-3-6-10-22)33-30(36)39-20-23-11-7-4-8-12-23/h3-12,14,16-17,21,25,27,35H,13,15,18-20H2,1-2H3,(H2,31,32)(H,33,36)/t25-,27+/m0/s1. The zero-order chi connectivity index (χ0) is 29.4. The first-order chi connectivity index (χ1) is 19.6. The molecule has 4 aromatic rings. The average molecular weight is 597 g/mol. The van der Waals surface area contributed by atoms with Gasteiger partial charge in [-0.15, -0.1) is 0 Å². The van der Waals surface area contributed by atoms with Crippen molar-refractivity contribution in [2.24, 2.45) is 5.92 Å². The summed E-state index contributed by atoms with van der Waals surface area (Å²) in [5.74, 6) is -0.00804. The van der Waals surface area contributed by atoms with Gasteiger partial charge in [0.25, 0.3) is 0 Å². The van der Waals surface area contributed by atoms with Crippen LogP contribution in [0.1, 0.15) is 31.4 Å². The van der Waals surface area contributed by atoms with Gasteiger partial charge in [0, 0.05) is 13.1 Å². The van der Waals surface area contributed by atoms with E-state index in [9.17, 15) is 18.3 Å². The smallest absolute Gasteiger partial charge is 0.407 e. The molecule has 2 atom stereocenters. The van der Waals surface area contributed by atoms with Gasteiger partial charge in [0.2, 0.25) is 10.0 Å². The minimum atomic E-state index is -3.98. The van der Waals surface area contributed by atoms with Crippen molar-refractivity contribution in [1.29, 1.82) is 0 Å². The Morgan fingerprint density at radius 1 is 1.02 bits per heavy atom. The zero-order valence-electron chi connectivity index (χ0n) is 23.1. The molecule has 11 heteroatoms. The van der Waals surface area contributed by atoms with Crippen molar-refractivity contribution < 1.29 is 23.1 Å². The first kappa shape index (κ1) is 30.4. The van der Waals surface area contributed by atoms with Crippen molar-refractivity contribution in [1.82, 2.24) is 14.6 Å². The maximum absolute atomic E-state index is 13.8. The minimum absolute atomic E-state index is 0.00804. The molecule has 218 valence electrons. The van der Waals surface area contributed by atoms with Crippen LogP contribution in [-0.4, -0.2) is 54.1 Å². The van der Waals surface area contributed by atoms with Crippen LogP contribution in [0, 0.1) is 5.92 Å². The van der Waals surface area contributed by atoms with Crippen LogP contribution in [0.2, 0.25) is 0 Å². The number of nitrogens with one attached hydrogen (secondary N) is 1. The van der Waals surface area contributed by atoms with E-state index in [4.69, 9.17) is 10.5 Å². The molecular formula is C30H36N4O5S2. The molecule has 4 rings (SSSR count). The van der Waals surface area contributed by atoms with E-state index in [0.29, 0.717) is 28.2 Å². The maximum atomic E-state index is 13.8. The first-order valence-corrected chi connectivity index (χ1v) is 15.7. The van der Waals surface area contributed by atoms with Gasteiger partial charge in [-0.25, -0.2) is 18.2 Å². The lowest BCUT2D eigenvalue weighted by Gasteiger charge is -2.30. The number of aliphatic hydroxyl groups excluding tert-OH is 1. The van der Waals surface area contributed by atoms with Gasteiger partial charge < -0.3 is 20.9 Å². The number of nitrogens with zero attached hydrogens (tertiary/aromatic N) is 2. The van der Waals surface area contributed by atoms with Crippen molar-refractivity contribution >= 4 is 42.8 Å². The summed E-state index contributed by atoms with van der Waals surface area (Å²) in [5.41, 5.74) is 8.30. The van der Waals surface area contributed by atoms with Crippen molar-refractivity contribution in [3.05, 3.63) is 90.0 Å². The highest BCUT2D eigenvalue weighted by Crippen LogP contribution is 2.28. The topological polar surface area (TPSA) is 135 Å². The third kappa shape index (κ3) is 8.49. The molecule has 41 heavy (non-hydrogen) atoms. The third-order valence-corrected chi connectivity index (χ3v) is 9.22. The molecule has 3 aromatic carbocycles. The summed E-state index contributed by atoms with van der Waals surface area (Å²) in [4.78, 5) is 17.1. The third-order valence-electron chi connectivity index (χ3n) is 6.54. The molecular weight excluding hydrogens is 560 g/mol. The summed E-state index contributed by atoms with van der Waals surface area (Å²) in [6.45, 7) is 3.88. The number of amides is 1. The predicted octanol–water partition coefficient (Wildman–Crippen LogP) is 4.81. The molecule has 0 saturated heterocycles. The monoisotopic (exact) mass is 596 g/mol. The number of sulfonamides is 1. The second-order valence-electron chi connectivity index (χ2n) is 10.3. The van der Waals surface area contributed by atoms with Gasteiger partial charge >= 0.3 is 6.09 Å². The number of anilines is 1. The number of rotatable bonds is 13. The summed E-state index contributed by atoms with van der Waals surface area (Å²) in [5, 5.41) is 14.5. The number of nitrogen functional groups attached to an aromatic ring is 1. The summed E-state index contributed by atoms with van der Waals surface area (Å²) < 4.78 is 34.9. The van der Waals surface area contributed by atoms with Gasteiger partial charge in [0.15, 0.2) is 5.13 Å². The Balaban J connectivity index is 1.53. The van der Waals surface area contributed by atoms with Crippen molar-refractivity contribution in [3.63, 3.8) is 0 Å². The van der Waals surface area contributed by atoms with Crippen LogP contribution in [0.5, 0.6) is 0 Å². The van der Waals surface area contributed by atoms with Crippen LogP contribution in [0.25, 0.3) is 10.2 Å². The minimum Gasteiger partial charge on any atom is -0.445 e. The Kier molecular flexibility index (Phi) is 10.3. The fraction of sp³-hybridized carbons (Fsp3) is 0.333. The van der Waals surface area contributed by atoms with E-state index in [-0.39, 0.29) is 30.5 Å². The number of thiazole rings is 1. The molecule has 0 bridgehead atoms. The Morgan fingerprint density at radius 2 is 1.68 bits per heavy atom. The number of aryl methyl sites for hydroxylation is 1. The molecule has 1 amide bonds. The van der Waals surface area contributed by atoms with E-state index in [2.05, 4.69) is 10.3 Å². The molecule has 0 saturated carbocycles. The fourth-order valence-electron chi connectivity index (χ4n) is 4.49. The second-order valence-corrected chi connectivity index (χ2v) is 13.3. The number of fused-ring (bicyclic) bond motifs is 1. The molecule has 0 unspecified atom stereocenters. The number of aromatic nitrogens is 1. The first-order valence-electron chi connectivity index (χ1n) is 13.5. The molecule has 1 aromatic heterocycles. The van der Waals surface area contributed by atoms with E-state index >= 15 is 0 Å². The van der Waals surface area contributed by atoms with Gasteiger partial charge in [-0.3, -0.25) is 0 Å². The average Bonchev–Trinajstić information content (AvgIpc) is 3.34. The van der Waals surface area contributed by atoms with Gasteiger partial charge in [-0.1, -0.05) is 85.8 Å². The van der Waals surface area contributed by atoms with Crippen molar-refractivity contribution in [2.75, 3.05) is 18.8 Å². The molecule has 0 aliphatic carbocycles. The molecule has 0 radical (unpaired) electrons. The highest BCUT2D eigenvalue weighted by atomic mass is 32.2. The lowest BCUT2D eigenvalue weighted by Crippen LogP contribution is -2.50. The molecule has 1 heterocycles. The number of alkyl carbamates (subject to hydrolysis) is 1. The SMILES string of the molecule is CC(C)CN(C[C@@H](O)[C@H](CCc1ccccc1)NC(=O)OCc1ccccc1)S(=O)(=O)c1ccc2nc(N)sc2c1. The summed E-state index contributed by atoms with van der Waals surface area (Å²) in [6.07, 6.45) is -0.924. The lowest BCUT2D eigenvalue weighted by atomic mass is 10.0. The van der Waals surface area contributed by atoms with E-state index in [1.807, 2.05) is 74.5 Å². The lowest BCUT2D eigenvalue weighted by molar-refractivity contribution is 0.0846. The summed E-state index contributed by atoms with van der Waals surface area (Å²) >= 11 is 1.21. The number of benzene rings is 3. The Morgan fingerprint density at radius 3 is 2.34 bits per heavy atom. The number of hydrogen-bond donors (Lipinski definition) is 3. The molecule has 4 N–H and O–H groups in total. The fourth-order valence-corrected chi connectivity index (χ4v) is 6.99. The highest BCUT2D eigenvalue weighted by molar-refractivity contribution is 7.89. The van der Waals surface area contributed by atoms with Gasteiger partial charge in [-0.2, -0.15) is 4.31 Å². The summed E-state index contributed by atoms with van der Waals surface area (Å²) in [7, 11) is -3.98. The zero-order valence-corrected chi connectivity index (χ0v) is 24.8. The predicted molar refractivity (Wildman–Crippen MR) is 162 cm³/mol. The van der Waals surface area contributed by atoms with Crippen LogP contribution in [0.4, 0.5) is 9.93 Å². The second kappa shape index (κ2) is 13.9. The van der Waals surface area contributed by atoms with E-state index in [0.717, 1.165) is 11.1 Å². The van der Waals surface area contributed by atoms with E-state index < -0.39 is 28.3 Å². The van der Waals surface area contributed by atoms with Crippen molar-refractivity contribution in [3.8, 4) is 0 Å². The van der Waals surface area contributed by atoms with Crippen molar-refractivity contribution in [2.45, 2.75) is 50.3 Å². The van der Waals surface area contributed by atoms with Gasteiger partial charge in [-0.05, 0) is 48.1 Å². The van der Waals surface area contributed by atoms with E-state index in [1.54, 1.807) is 12.1 Å². The van der Waals surface area contributed by atoms with Gasteiger partial charge in [0.05, 0.1) is 27.3 Å². The molecule has 0 fully saturated rings. The summed E-state index contributed by atoms with van der Waals surface area (Å²) in [6, 6.07) is 22.9. The number of carbonyl (C=O) groups excluding carboxylic acids is 1. The normalized spacial score (nSPS) is 13.4. The van der Waals surface area contributed by atoms with Crippen LogP contribution in [0.15, 0.2) is 83.8 Å². The molecule has 0 spiro atoms. The Hall–Kier alpha value is -3.51. The van der Waals surface area contributed by atoms with E-state index in [1.165, 1.54) is 21.7 Å². The molecule has 0 aliphatic rings. The number of carbonyl (C=O) groups is 1.